The van der Waals surface area contributed by atoms with Crippen molar-refractivity contribution in [3.8, 4) is 0 Å². The Hall–Kier alpha value is -1.96. The van der Waals surface area contributed by atoms with E-state index in [1.54, 1.807) is 11.3 Å². The van der Waals surface area contributed by atoms with Gasteiger partial charge < -0.3 is 19.8 Å². The van der Waals surface area contributed by atoms with E-state index in [1.165, 1.54) is 12.8 Å². The minimum absolute atomic E-state index is 0.0632. The van der Waals surface area contributed by atoms with Crippen LogP contribution in [0, 0.1) is 63.6 Å². The highest BCUT2D eigenvalue weighted by atomic mass is 32.1. The second kappa shape index (κ2) is 10.8. The maximum atomic E-state index is 14.7. The number of amides is 1. The Labute approximate surface area is 291 Å². The number of aliphatic hydroxyl groups is 2. The molecule has 1 amide bonds. The lowest BCUT2D eigenvalue weighted by atomic mass is 9.32. The van der Waals surface area contributed by atoms with Gasteiger partial charge in [-0.2, -0.15) is 0 Å². The van der Waals surface area contributed by atoms with Crippen LogP contribution < -0.4 is 0 Å². The monoisotopic (exact) mass is 675 g/mol. The van der Waals surface area contributed by atoms with Crippen LogP contribution in [0.3, 0.4) is 0 Å². The molecule has 6 nitrogen and oxygen atoms in total. The molecule has 2 N–H and O–H groups in total. The summed E-state index contributed by atoms with van der Waals surface area (Å²) in [5.41, 5.74) is -1.27. The van der Waals surface area contributed by atoms with Crippen molar-refractivity contribution in [1.82, 2.24) is 4.90 Å². The molecule has 1 unspecified atom stereocenters. The van der Waals surface area contributed by atoms with E-state index in [-0.39, 0.29) is 47.2 Å². The van der Waals surface area contributed by atoms with Crippen molar-refractivity contribution in [3.63, 3.8) is 0 Å². The number of allylic oxidation sites excluding steroid dienone is 4. The molecule has 48 heavy (non-hydrogen) atoms. The fourth-order valence-corrected chi connectivity index (χ4v) is 14.3. The Kier molecular flexibility index (Phi) is 7.45. The van der Waals surface area contributed by atoms with E-state index in [2.05, 4.69) is 52.8 Å². The number of carbonyl (C=O) groups excluding carboxylic acids is 2. The number of rotatable bonds is 7. The van der Waals surface area contributed by atoms with Gasteiger partial charge in [-0.15, -0.1) is 11.3 Å². The summed E-state index contributed by atoms with van der Waals surface area (Å²) in [6, 6.07) is 4.02. The van der Waals surface area contributed by atoms with Gasteiger partial charge in [-0.1, -0.05) is 45.9 Å². The van der Waals surface area contributed by atoms with E-state index in [0.29, 0.717) is 43.2 Å². The molecule has 10 rings (SSSR count). The van der Waals surface area contributed by atoms with Gasteiger partial charge in [-0.3, -0.25) is 4.79 Å². The standard InChI is InChI=1S/C41H57NO5S/c1-7-47-35(45)42(23-26-9-10-27-20-29(26)36(27,3)4)24-40(46)17-14-33-38(40,6)16-13-32-37(5)15-12-28(43)21-39(37)18-19-41(32,33)30(22-39)34(44)31-11-8-25(2)48-31/h8,11,18-19,22,26-29,32-33,43,46H,7,9-10,12-17,20-21,23-24H2,1-6H3/t26-,27-,28?,29-,32+,33+,37+,38-,39-,40+,41+/m0/s1. The lowest BCUT2D eigenvalue weighted by Crippen LogP contribution is -2.67. The lowest BCUT2D eigenvalue weighted by molar-refractivity contribution is -0.176. The van der Waals surface area contributed by atoms with E-state index in [0.717, 1.165) is 59.8 Å². The van der Waals surface area contributed by atoms with E-state index in [4.69, 9.17) is 4.74 Å². The normalized spacial score (nSPS) is 46.1. The number of ketones is 1. The van der Waals surface area contributed by atoms with Gasteiger partial charge in [-0.05, 0) is 131 Å². The Balaban J connectivity index is 1.17. The van der Waals surface area contributed by atoms with Crippen molar-refractivity contribution >= 4 is 23.2 Å². The van der Waals surface area contributed by atoms with Crippen LogP contribution in [0.25, 0.3) is 0 Å². The van der Waals surface area contributed by atoms with Gasteiger partial charge in [-0.25, -0.2) is 4.79 Å². The number of thiophene rings is 1. The summed E-state index contributed by atoms with van der Waals surface area (Å²) >= 11 is 1.57. The van der Waals surface area contributed by atoms with Crippen LogP contribution >= 0.6 is 11.3 Å². The van der Waals surface area contributed by atoms with Crippen LogP contribution in [-0.4, -0.2) is 58.4 Å². The molecule has 1 heterocycles. The second-order valence-electron chi connectivity index (χ2n) is 18.3. The van der Waals surface area contributed by atoms with Crippen molar-refractivity contribution in [2.45, 2.75) is 117 Å². The highest BCUT2D eigenvalue weighted by molar-refractivity contribution is 7.14. The van der Waals surface area contributed by atoms with Crippen LogP contribution in [0.1, 0.15) is 113 Å². The molecule has 7 heteroatoms. The molecule has 0 radical (unpaired) electrons. The molecular weight excluding hydrogens is 619 g/mol. The molecule has 4 bridgehead atoms. The second-order valence-corrected chi connectivity index (χ2v) is 19.6. The molecule has 2 spiro atoms. The molecule has 6 saturated carbocycles. The number of nitrogens with zero attached hydrogens (tertiary/aromatic N) is 1. The summed E-state index contributed by atoms with van der Waals surface area (Å²) in [6.07, 6.45) is 15.6. The third-order valence-corrected chi connectivity index (χ3v) is 17.4. The topological polar surface area (TPSA) is 87.1 Å². The van der Waals surface area contributed by atoms with Crippen molar-refractivity contribution in [2.75, 3.05) is 19.7 Å². The average molecular weight is 676 g/mol. The molecule has 0 aliphatic heterocycles. The van der Waals surface area contributed by atoms with E-state index >= 15 is 0 Å². The Morgan fingerprint density at radius 1 is 0.979 bits per heavy atom. The molecule has 0 saturated heterocycles. The smallest absolute Gasteiger partial charge is 0.409 e. The molecular formula is C41H57NO5S. The maximum absolute atomic E-state index is 14.7. The largest absolute Gasteiger partial charge is 0.450 e. The highest BCUT2D eigenvalue weighted by Gasteiger charge is 2.74. The summed E-state index contributed by atoms with van der Waals surface area (Å²) in [6.45, 7) is 14.6. The fraction of sp³-hybridized carbons (Fsp3) is 0.756. The highest BCUT2D eigenvalue weighted by Crippen LogP contribution is 2.78. The number of Topliss-reactive ketones (excluding diaryl/α,β-unsaturated/α-hetero) is 1. The van der Waals surface area contributed by atoms with Crippen molar-refractivity contribution in [1.29, 1.82) is 0 Å². The number of carbonyl (C=O) groups is 2. The summed E-state index contributed by atoms with van der Waals surface area (Å²) < 4.78 is 5.67. The van der Waals surface area contributed by atoms with Gasteiger partial charge in [0.1, 0.15) is 0 Å². The lowest BCUT2D eigenvalue weighted by Gasteiger charge is -2.71. The first-order chi connectivity index (χ1) is 22.6. The van der Waals surface area contributed by atoms with E-state index in [1.807, 2.05) is 24.0 Å². The van der Waals surface area contributed by atoms with Crippen molar-refractivity contribution < 1.29 is 24.5 Å². The quantitative estimate of drug-likeness (QED) is 0.224. The van der Waals surface area contributed by atoms with Gasteiger partial charge >= 0.3 is 6.09 Å². The fourth-order valence-electron chi connectivity index (χ4n) is 13.5. The molecule has 6 fully saturated rings. The van der Waals surface area contributed by atoms with Crippen LogP contribution in [0.15, 0.2) is 35.9 Å². The van der Waals surface area contributed by atoms with Gasteiger partial charge in [0.2, 0.25) is 0 Å². The molecule has 262 valence electrons. The van der Waals surface area contributed by atoms with Crippen molar-refractivity contribution in [2.24, 2.45) is 56.7 Å². The summed E-state index contributed by atoms with van der Waals surface area (Å²) in [5.74, 6) is 2.26. The van der Waals surface area contributed by atoms with Gasteiger partial charge in [0.25, 0.3) is 0 Å². The third kappa shape index (κ3) is 4.22. The van der Waals surface area contributed by atoms with Gasteiger partial charge in [0.05, 0.1) is 29.7 Å². The Morgan fingerprint density at radius 2 is 1.71 bits per heavy atom. The molecule has 1 aromatic heterocycles. The number of aryl methyl sites for hydroxylation is 1. The zero-order chi connectivity index (χ0) is 34.1. The molecule has 0 aromatic carbocycles. The van der Waals surface area contributed by atoms with Crippen LogP contribution in [0.4, 0.5) is 4.79 Å². The average Bonchev–Trinajstić information content (AvgIpc) is 3.60. The number of hydrogen-bond acceptors (Lipinski definition) is 6. The summed E-state index contributed by atoms with van der Waals surface area (Å²) in [7, 11) is 0. The Bertz CT molecular complexity index is 1580. The minimum atomic E-state index is -1.09. The third-order valence-electron chi connectivity index (χ3n) is 16.4. The predicted octanol–water partition coefficient (Wildman–Crippen LogP) is 8.36. The van der Waals surface area contributed by atoms with E-state index < -0.39 is 16.4 Å². The van der Waals surface area contributed by atoms with Gasteiger partial charge in [0, 0.05) is 33.2 Å². The predicted molar refractivity (Wildman–Crippen MR) is 189 cm³/mol. The van der Waals surface area contributed by atoms with Crippen molar-refractivity contribution in [3.05, 3.63) is 45.7 Å². The zero-order valence-corrected chi connectivity index (χ0v) is 30.8. The minimum Gasteiger partial charge on any atom is -0.450 e. The van der Waals surface area contributed by atoms with E-state index in [9.17, 15) is 19.8 Å². The molecule has 11 atom stereocenters. The number of aliphatic hydroxyl groups excluding tert-OH is 1. The summed E-state index contributed by atoms with van der Waals surface area (Å²) in [4.78, 5) is 32.2. The summed E-state index contributed by atoms with van der Waals surface area (Å²) in [5, 5.41) is 24.0. The first-order valence-corrected chi connectivity index (χ1v) is 19.8. The van der Waals surface area contributed by atoms with Crippen LogP contribution in [-0.2, 0) is 4.74 Å². The molecule has 1 aromatic rings. The molecule has 9 aliphatic carbocycles. The first-order valence-electron chi connectivity index (χ1n) is 19.0. The SMILES string of the molecule is CCOC(=O)N(C[C@@H]1CC[C@H]2C[C@@H]1C2(C)C)C[C@]1(O)CC[C@H]2[C@]34C=C[C@@]5(C=C3C(=O)c3ccc(C)s3)CC(O)CC[C@]5(C)[C@H]4CC[C@@]21C. The number of hydrogen-bond donors (Lipinski definition) is 2. The maximum Gasteiger partial charge on any atom is 0.409 e. The zero-order valence-electron chi connectivity index (χ0n) is 30.0. The number of fused-ring (bicyclic) bond motifs is 3. The first kappa shape index (κ1) is 33.2. The molecule has 9 aliphatic rings. The Morgan fingerprint density at radius 3 is 2.40 bits per heavy atom. The number of ether oxygens (including phenoxy) is 1. The van der Waals surface area contributed by atoms with Crippen LogP contribution in [0.2, 0.25) is 0 Å². The van der Waals surface area contributed by atoms with Gasteiger partial charge in [0.15, 0.2) is 5.78 Å². The van der Waals surface area contributed by atoms with Crippen LogP contribution in [0.5, 0.6) is 0 Å².